The Bertz CT molecular complexity index is 547. The van der Waals surface area contributed by atoms with Crippen molar-refractivity contribution in [3.63, 3.8) is 0 Å². The number of furan rings is 1. The van der Waals surface area contributed by atoms with E-state index >= 15 is 0 Å². The molecule has 3 heterocycles. The van der Waals surface area contributed by atoms with Crippen LogP contribution in [0.25, 0.3) is 0 Å². The lowest BCUT2D eigenvalue weighted by molar-refractivity contribution is -0.120. The van der Waals surface area contributed by atoms with Gasteiger partial charge in [0, 0.05) is 6.54 Å². The monoisotopic (exact) mass is 262 g/mol. The molecule has 3 rings (SSSR count). The molecule has 0 fully saturated rings. The molecular weight excluding hydrogens is 248 g/mol. The first-order valence-electron chi connectivity index (χ1n) is 5.89. The van der Waals surface area contributed by atoms with Crippen molar-refractivity contribution in [2.24, 2.45) is 0 Å². The van der Waals surface area contributed by atoms with Crippen molar-refractivity contribution in [2.45, 2.75) is 12.5 Å². The van der Waals surface area contributed by atoms with E-state index in [4.69, 9.17) is 4.42 Å². The predicted molar refractivity (Wildman–Crippen MR) is 70.9 cm³/mol. The number of nitrogens with zero attached hydrogens (tertiary/aromatic N) is 1. The van der Waals surface area contributed by atoms with Gasteiger partial charge >= 0.3 is 0 Å². The number of anilines is 1. The second-order valence-electron chi connectivity index (χ2n) is 4.22. The number of thiophene rings is 1. The molecule has 1 unspecified atom stereocenters. The van der Waals surface area contributed by atoms with Crippen LogP contribution in [0, 0.1) is 0 Å². The lowest BCUT2D eigenvalue weighted by atomic mass is 10.1. The number of hydrogen-bond donors (Lipinski definition) is 1. The van der Waals surface area contributed by atoms with E-state index < -0.39 is 0 Å². The van der Waals surface area contributed by atoms with E-state index in [9.17, 15) is 4.79 Å². The standard InChI is InChI=1S/C13H14N2O2S/c1-14-11-12-9(5-7-17-12)4-6-15(13(11)16)10-3-2-8-18-10/h2-3,5,7-8,11,14H,4,6H2,1H3. The molecule has 1 amide bonds. The van der Waals surface area contributed by atoms with Crippen LogP contribution >= 0.6 is 11.3 Å². The van der Waals surface area contributed by atoms with E-state index in [1.165, 1.54) is 0 Å². The zero-order valence-electron chi connectivity index (χ0n) is 10.1. The Morgan fingerprint density at radius 2 is 2.39 bits per heavy atom. The Balaban J connectivity index is 1.99. The minimum absolute atomic E-state index is 0.0497. The number of rotatable bonds is 2. The largest absolute Gasteiger partial charge is 0.467 e. The van der Waals surface area contributed by atoms with Crippen molar-refractivity contribution in [3.05, 3.63) is 41.2 Å². The van der Waals surface area contributed by atoms with Gasteiger partial charge < -0.3 is 14.6 Å². The second-order valence-corrected chi connectivity index (χ2v) is 5.15. The molecule has 0 aliphatic carbocycles. The molecule has 1 aliphatic heterocycles. The molecule has 94 valence electrons. The average Bonchev–Trinajstić information content (AvgIpc) is 3.01. The van der Waals surface area contributed by atoms with Crippen LogP contribution in [0.2, 0.25) is 0 Å². The SMILES string of the molecule is CNC1C(=O)N(c2cccs2)CCc2ccoc21. The van der Waals surface area contributed by atoms with Gasteiger partial charge in [-0.2, -0.15) is 0 Å². The third kappa shape index (κ3) is 1.76. The highest BCUT2D eigenvalue weighted by Crippen LogP contribution is 2.30. The number of likely N-dealkylation sites (N-methyl/N-ethyl adjacent to an activating group) is 1. The molecule has 0 saturated heterocycles. The fourth-order valence-electron chi connectivity index (χ4n) is 2.31. The van der Waals surface area contributed by atoms with E-state index in [-0.39, 0.29) is 11.9 Å². The maximum atomic E-state index is 12.5. The summed E-state index contributed by atoms with van der Waals surface area (Å²) in [5.74, 6) is 0.801. The smallest absolute Gasteiger partial charge is 0.252 e. The summed E-state index contributed by atoms with van der Waals surface area (Å²) >= 11 is 1.58. The van der Waals surface area contributed by atoms with Crippen molar-refractivity contribution in [3.8, 4) is 0 Å². The maximum Gasteiger partial charge on any atom is 0.252 e. The minimum atomic E-state index is -0.389. The van der Waals surface area contributed by atoms with Crippen molar-refractivity contribution >= 4 is 22.2 Å². The van der Waals surface area contributed by atoms with Gasteiger partial charge in [-0.05, 0) is 42.6 Å². The molecule has 2 aromatic rings. The zero-order valence-corrected chi connectivity index (χ0v) is 10.9. The van der Waals surface area contributed by atoms with E-state index in [1.807, 2.05) is 28.5 Å². The van der Waals surface area contributed by atoms with Gasteiger partial charge in [0.25, 0.3) is 5.91 Å². The van der Waals surface area contributed by atoms with Crippen molar-refractivity contribution in [1.29, 1.82) is 0 Å². The van der Waals surface area contributed by atoms with Crippen LogP contribution in [0.4, 0.5) is 5.00 Å². The van der Waals surface area contributed by atoms with Crippen LogP contribution in [0.15, 0.2) is 34.3 Å². The highest BCUT2D eigenvalue weighted by Gasteiger charge is 2.33. The quantitative estimate of drug-likeness (QED) is 0.902. The summed E-state index contributed by atoms with van der Waals surface area (Å²) < 4.78 is 5.47. The highest BCUT2D eigenvalue weighted by atomic mass is 32.1. The number of amides is 1. The van der Waals surface area contributed by atoms with Crippen molar-refractivity contribution in [2.75, 3.05) is 18.5 Å². The fourth-order valence-corrected chi connectivity index (χ4v) is 3.08. The van der Waals surface area contributed by atoms with Gasteiger partial charge in [0.15, 0.2) is 0 Å². The summed E-state index contributed by atoms with van der Waals surface area (Å²) in [5, 5.41) is 6.02. The first kappa shape index (κ1) is 11.5. The summed E-state index contributed by atoms with van der Waals surface area (Å²) in [6.45, 7) is 0.698. The molecule has 1 aliphatic rings. The van der Waals surface area contributed by atoms with E-state index in [0.29, 0.717) is 6.54 Å². The molecule has 0 radical (unpaired) electrons. The third-order valence-electron chi connectivity index (χ3n) is 3.22. The number of carbonyl (C=O) groups excluding carboxylic acids is 1. The van der Waals surface area contributed by atoms with Crippen LogP contribution < -0.4 is 10.2 Å². The second kappa shape index (κ2) is 4.59. The van der Waals surface area contributed by atoms with Gasteiger partial charge in [0.05, 0.1) is 11.3 Å². The normalized spacial score (nSPS) is 19.7. The van der Waals surface area contributed by atoms with Gasteiger partial charge in [-0.15, -0.1) is 11.3 Å². The molecule has 0 bridgehead atoms. The molecule has 4 nitrogen and oxygen atoms in total. The average molecular weight is 262 g/mol. The molecule has 5 heteroatoms. The molecule has 18 heavy (non-hydrogen) atoms. The summed E-state index contributed by atoms with van der Waals surface area (Å²) in [5.41, 5.74) is 1.11. The van der Waals surface area contributed by atoms with Crippen LogP contribution in [-0.4, -0.2) is 19.5 Å². The highest BCUT2D eigenvalue weighted by molar-refractivity contribution is 7.14. The number of nitrogens with one attached hydrogen (secondary N) is 1. The first-order valence-corrected chi connectivity index (χ1v) is 6.77. The van der Waals surface area contributed by atoms with E-state index in [1.54, 1.807) is 24.6 Å². The van der Waals surface area contributed by atoms with Gasteiger partial charge in [0.1, 0.15) is 11.8 Å². The summed E-state index contributed by atoms with van der Waals surface area (Å²) in [7, 11) is 1.78. The van der Waals surface area contributed by atoms with E-state index in [0.717, 1.165) is 22.7 Å². The lowest BCUT2D eigenvalue weighted by Crippen LogP contribution is -2.38. The fraction of sp³-hybridized carbons (Fsp3) is 0.308. The Kier molecular flexibility index (Phi) is 2.93. The Morgan fingerprint density at radius 1 is 1.50 bits per heavy atom. The van der Waals surface area contributed by atoms with Crippen molar-refractivity contribution < 1.29 is 9.21 Å². The number of fused-ring (bicyclic) bond motifs is 1. The molecule has 0 aromatic carbocycles. The topological polar surface area (TPSA) is 45.5 Å². The Labute approximate surface area is 109 Å². The molecule has 0 saturated carbocycles. The summed E-state index contributed by atoms with van der Waals surface area (Å²) in [6.07, 6.45) is 2.48. The minimum Gasteiger partial charge on any atom is -0.467 e. The molecule has 2 aromatic heterocycles. The van der Waals surface area contributed by atoms with Crippen LogP contribution in [-0.2, 0) is 11.2 Å². The lowest BCUT2D eigenvalue weighted by Gasteiger charge is -2.22. The van der Waals surface area contributed by atoms with Crippen LogP contribution in [0.5, 0.6) is 0 Å². The Hall–Kier alpha value is -1.59. The van der Waals surface area contributed by atoms with E-state index in [2.05, 4.69) is 5.32 Å². The first-order chi connectivity index (χ1) is 8.81. The molecule has 0 spiro atoms. The van der Waals surface area contributed by atoms with Gasteiger partial charge in [0.2, 0.25) is 0 Å². The summed E-state index contributed by atoms with van der Waals surface area (Å²) in [4.78, 5) is 14.4. The zero-order chi connectivity index (χ0) is 12.5. The molecule has 1 N–H and O–H groups in total. The van der Waals surface area contributed by atoms with Gasteiger partial charge in [-0.3, -0.25) is 4.79 Å². The molecule has 1 atom stereocenters. The van der Waals surface area contributed by atoms with Gasteiger partial charge in [-0.25, -0.2) is 0 Å². The van der Waals surface area contributed by atoms with Crippen molar-refractivity contribution in [1.82, 2.24) is 5.32 Å². The predicted octanol–water partition coefficient (Wildman–Crippen LogP) is 2.19. The summed E-state index contributed by atoms with van der Waals surface area (Å²) in [6, 6.07) is 5.50. The molecular formula is C13H14N2O2S. The Morgan fingerprint density at radius 3 is 3.11 bits per heavy atom. The van der Waals surface area contributed by atoms with Crippen LogP contribution in [0.1, 0.15) is 17.4 Å². The number of hydrogen-bond acceptors (Lipinski definition) is 4. The van der Waals surface area contributed by atoms with Crippen LogP contribution in [0.3, 0.4) is 0 Å². The maximum absolute atomic E-state index is 12.5. The third-order valence-corrected chi connectivity index (χ3v) is 4.11. The van der Waals surface area contributed by atoms with Gasteiger partial charge in [-0.1, -0.05) is 0 Å². The number of carbonyl (C=O) groups is 1.